The molecule has 0 aromatic carbocycles. The van der Waals surface area contributed by atoms with Gasteiger partial charge in [-0.05, 0) is 5.92 Å². The summed E-state index contributed by atoms with van der Waals surface area (Å²) in [5, 5.41) is 9.22. The first-order valence-corrected chi connectivity index (χ1v) is 5.91. The zero-order valence-corrected chi connectivity index (χ0v) is 11.2. The van der Waals surface area contributed by atoms with Crippen LogP contribution >= 0.6 is 0 Å². The molecule has 1 rings (SSSR count). The van der Waals surface area contributed by atoms with Gasteiger partial charge in [0.15, 0.2) is 0 Å². The third kappa shape index (κ3) is 3.87. The highest BCUT2D eigenvalue weighted by Gasteiger charge is 2.25. The maximum atomic E-state index is 12.2. The fourth-order valence-electron chi connectivity index (χ4n) is 1.69. The number of likely N-dealkylation sites (N-methyl/N-ethyl adjacent to an activating group) is 1. The summed E-state index contributed by atoms with van der Waals surface area (Å²) in [4.78, 5) is 24.9. The molecule has 1 aromatic rings. The Labute approximate surface area is 107 Å². The van der Waals surface area contributed by atoms with Crippen LogP contribution in [0.3, 0.4) is 0 Å². The summed E-state index contributed by atoms with van der Waals surface area (Å²) in [5.41, 5.74) is 0.927. The second-order valence-electron chi connectivity index (χ2n) is 4.72. The van der Waals surface area contributed by atoms with Gasteiger partial charge >= 0.3 is 0 Å². The van der Waals surface area contributed by atoms with E-state index in [4.69, 9.17) is 0 Å². The molecule has 1 heterocycles. The molecule has 1 unspecified atom stereocenters. The second kappa shape index (κ2) is 6.18. The molecule has 2 amide bonds. The van der Waals surface area contributed by atoms with Crippen molar-refractivity contribution < 1.29 is 9.59 Å². The number of hydrogen-bond acceptors (Lipinski definition) is 3. The van der Waals surface area contributed by atoms with E-state index in [1.807, 2.05) is 13.8 Å². The molecule has 2 N–H and O–H groups in total. The van der Waals surface area contributed by atoms with Crippen LogP contribution in [0.5, 0.6) is 0 Å². The lowest BCUT2D eigenvalue weighted by Crippen LogP contribution is -2.49. The van der Waals surface area contributed by atoms with Gasteiger partial charge in [0, 0.05) is 32.3 Å². The first kappa shape index (κ1) is 14.2. The Morgan fingerprint density at radius 2 is 2.17 bits per heavy atom. The van der Waals surface area contributed by atoms with Gasteiger partial charge in [0.25, 0.3) is 0 Å². The highest BCUT2D eigenvalue weighted by Crippen LogP contribution is 2.08. The van der Waals surface area contributed by atoms with Crippen molar-refractivity contribution in [2.45, 2.75) is 33.4 Å². The van der Waals surface area contributed by atoms with Crippen molar-refractivity contribution in [1.82, 2.24) is 20.4 Å². The third-order valence-corrected chi connectivity index (χ3v) is 2.64. The fourth-order valence-corrected chi connectivity index (χ4v) is 1.69. The normalized spacial score (nSPS) is 12.3. The van der Waals surface area contributed by atoms with Gasteiger partial charge in [0.05, 0.1) is 6.20 Å². The van der Waals surface area contributed by atoms with Gasteiger partial charge < -0.3 is 10.2 Å². The van der Waals surface area contributed by atoms with Crippen LogP contribution in [0.1, 0.15) is 26.3 Å². The van der Waals surface area contributed by atoms with E-state index < -0.39 is 6.04 Å². The van der Waals surface area contributed by atoms with Gasteiger partial charge in [-0.3, -0.25) is 14.7 Å². The number of nitrogens with one attached hydrogen (secondary N) is 2. The number of carbonyl (C=O) groups is 2. The smallest absolute Gasteiger partial charge is 0.245 e. The Kier molecular flexibility index (Phi) is 4.88. The van der Waals surface area contributed by atoms with Crippen molar-refractivity contribution in [3.8, 4) is 0 Å². The standard InChI is InChI=1S/C12H20N4O2/c1-8(2)11(15-9(3)17)12(18)16(4)7-10-5-13-14-6-10/h5-6,8,11H,7H2,1-4H3,(H,13,14)(H,15,17). The molecule has 18 heavy (non-hydrogen) atoms. The molecule has 100 valence electrons. The van der Waals surface area contributed by atoms with Crippen LogP contribution in [0.4, 0.5) is 0 Å². The van der Waals surface area contributed by atoms with Crippen LogP contribution in [-0.2, 0) is 16.1 Å². The highest BCUT2D eigenvalue weighted by atomic mass is 16.2. The maximum Gasteiger partial charge on any atom is 0.245 e. The fraction of sp³-hybridized carbons (Fsp3) is 0.583. The van der Waals surface area contributed by atoms with Gasteiger partial charge in [-0.25, -0.2) is 0 Å². The summed E-state index contributed by atoms with van der Waals surface area (Å²) in [6.45, 7) is 5.70. The number of amides is 2. The predicted octanol–water partition coefficient (Wildman–Crippen LogP) is 0.529. The highest BCUT2D eigenvalue weighted by molar-refractivity contribution is 5.86. The minimum Gasteiger partial charge on any atom is -0.344 e. The molecule has 0 radical (unpaired) electrons. The molecule has 0 fully saturated rings. The quantitative estimate of drug-likeness (QED) is 0.802. The minimum absolute atomic E-state index is 0.0493. The number of hydrogen-bond donors (Lipinski definition) is 2. The van der Waals surface area contributed by atoms with Gasteiger partial charge in [0.2, 0.25) is 11.8 Å². The number of rotatable bonds is 5. The molecule has 0 aliphatic heterocycles. The van der Waals surface area contributed by atoms with Crippen molar-refractivity contribution in [2.75, 3.05) is 7.05 Å². The molecule has 0 saturated carbocycles. The zero-order chi connectivity index (χ0) is 13.7. The molecule has 0 aliphatic rings. The summed E-state index contributed by atoms with van der Waals surface area (Å²) in [6.07, 6.45) is 3.42. The maximum absolute atomic E-state index is 12.2. The summed E-state index contributed by atoms with van der Waals surface area (Å²) in [7, 11) is 1.71. The Hall–Kier alpha value is -1.85. The number of H-pyrrole nitrogens is 1. The van der Waals surface area contributed by atoms with Crippen molar-refractivity contribution in [2.24, 2.45) is 5.92 Å². The number of carbonyl (C=O) groups excluding carboxylic acids is 2. The van der Waals surface area contributed by atoms with E-state index in [1.165, 1.54) is 6.92 Å². The number of aromatic nitrogens is 2. The first-order chi connectivity index (χ1) is 8.41. The van der Waals surface area contributed by atoms with E-state index in [0.717, 1.165) is 5.56 Å². The summed E-state index contributed by atoms with van der Waals surface area (Å²) in [5.74, 6) is -0.242. The molecular weight excluding hydrogens is 232 g/mol. The zero-order valence-electron chi connectivity index (χ0n) is 11.2. The third-order valence-electron chi connectivity index (χ3n) is 2.64. The van der Waals surface area contributed by atoms with Gasteiger partial charge in [0.1, 0.15) is 6.04 Å². The van der Waals surface area contributed by atoms with E-state index >= 15 is 0 Å². The van der Waals surface area contributed by atoms with E-state index in [-0.39, 0.29) is 17.7 Å². The molecule has 0 saturated heterocycles. The monoisotopic (exact) mass is 252 g/mol. The predicted molar refractivity (Wildman–Crippen MR) is 67.5 cm³/mol. The molecule has 1 aromatic heterocycles. The summed E-state index contributed by atoms with van der Waals surface area (Å²) < 4.78 is 0. The van der Waals surface area contributed by atoms with Crippen molar-refractivity contribution >= 4 is 11.8 Å². The van der Waals surface area contributed by atoms with Gasteiger partial charge in [-0.15, -0.1) is 0 Å². The van der Waals surface area contributed by atoms with E-state index in [9.17, 15) is 9.59 Å². The summed E-state index contributed by atoms with van der Waals surface area (Å²) >= 11 is 0. The molecule has 0 bridgehead atoms. The van der Waals surface area contributed by atoms with Crippen molar-refractivity contribution in [3.63, 3.8) is 0 Å². The lowest BCUT2D eigenvalue weighted by molar-refractivity contribution is -0.136. The Bertz CT molecular complexity index is 400. The molecule has 6 nitrogen and oxygen atoms in total. The average molecular weight is 252 g/mol. The van der Waals surface area contributed by atoms with Crippen LogP contribution in [0, 0.1) is 5.92 Å². The molecule has 1 atom stereocenters. The van der Waals surface area contributed by atoms with Crippen molar-refractivity contribution in [3.05, 3.63) is 18.0 Å². The van der Waals surface area contributed by atoms with E-state index in [1.54, 1.807) is 24.3 Å². The number of aromatic amines is 1. The Morgan fingerprint density at radius 3 is 2.61 bits per heavy atom. The molecule has 0 spiro atoms. The van der Waals surface area contributed by atoms with Crippen LogP contribution in [0.15, 0.2) is 12.4 Å². The molecular formula is C12H20N4O2. The molecule has 0 aliphatic carbocycles. The first-order valence-electron chi connectivity index (χ1n) is 5.91. The SMILES string of the molecule is CC(=O)NC(C(=O)N(C)Cc1cn[nH]c1)C(C)C. The van der Waals surface area contributed by atoms with Gasteiger partial charge in [-0.2, -0.15) is 5.10 Å². The average Bonchev–Trinajstić information content (AvgIpc) is 2.77. The van der Waals surface area contributed by atoms with Crippen LogP contribution < -0.4 is 5.32 Å². The summed E-state index contributed by atoms with van der Waals surface area (Å²) in [6, 6.07) is -0.487. The second-order valence-corrected chi connectivity index (χ2v) is 4.72. The van der Waals surface area contributed by atoms with Crippen molar-refractivity contribution in [1.29, 1.82) is 0 Å². The lowest BCUT2D eigenvalue weighted by atomic mass is 10.0. The van der Waals surface area contributed by atoms with E-state index in [2.05, 4.69) is 15.5 Å². The Balaban J connectivity index is 2.67. The van der Waals surface area contributed by atoms with Gasteiger partial charge in [-0.1, -0.05) is 13.8 Å². The molecule has 6 heteroatoms. The number of nitrogens with zero attached hydrogens (tertiary/aromatic N) is 2. The lowest BCUT2D eigenvalue weighted by Gasteiger charge is -2.26. The minimum atomic E-state index is -0.487. The van der Waals surface area contributed by atoms with Crippen LogP contribution in [-0.4, -0.2) is 40.0 Å². The largest absolute Gasteiger partial charge is 0.344 e. The van der Waals surface area contributed by atoms with Crippen LogP contribution in [0.25, 0.3) is 0 Å². The Morgan fingerprint density at radius 1 is 1.50 bits per heavy atom. The van der Waals surface area contributed by atoms with Crippen LogP contribution in [0.2, 0.25) is 0 Å². The topological polar surface area (TPSA) is 78.1 Å². The van der Waals surface area contributed by atoms with E-state index in [0.29, 0.717) is 6.54 Å².